The molecule has 1 N–H and O–H groups in total. The van der Waals surface area contributed by atoms with Crippen LogP contribution >= 0.6 is 11.3 Å². The lowest BCUT2D eigenvalue weighted by Gasteiger charge is -2.28. The van der Waals surface area contributed by atoms with Crippen molar-refractivity contribution in [2.24, 2.45) is 0 Å². The summed E-state index contributed by atoms with van der Waals surface area (Å²) in [7, 11) is 1.55. The van der Waals surface area contributed by atoms with Crippen LogP contribution in [0.25, 0.3) is 0 Å². The van der Waals surface area contributed by atoms with Gasteiger partial charge in [-0.3, -0.25) is 9.59 Å². The van der Waals surface area contributed by atoms with E-state index in [-0.39, 0.29) is 11.4 Å². The Morgan fingerprint density at radius 1 is 1.12 bits per heavy atom. The van der Waals surface area contributed by atoms with Crippen LogP contribution in [0.15, 0.2) is 65.9 Å². The molecule has 0 spiro atoms. The second-order valence-electron chi connectivity index (χ2n) is 7.62. The topological polar surface area (TPSA) is 79.7 Å². The van der Waals surface area contributed by atoms with E-state index in [2.05, 4.69) is 4.98 Å². The van der Waals surface area contributed by atoms with E-state index in [0.29, 0.717) is 34.8 Å². The van der Waals surface area contributed by atoms with Crippen molar-refractivity contribution < 1.29 is 19.4 Å². The highest BCUT2D eigenvalue weighted by Crippen LogP contribution is 2.43. The van der Waals surface area contributed by atoms with Gasteiger partial charge in [-0.05, 0) is 31.9 Å². The summed E-state index contributed by atoms with van der Waals surface area (Å²) in [5.74, 6) is -0.896. The van der Waals surface area contributed by atoms with Gasteiger partial charge in [0.15, 0.2) is 5.76 Å². The molecule has 2 aromatic carbocycles. The second kappa shape index (κ2) is 8.96. The smallest absolute Gasteiger partial charge is 0.290 e. The second-order valence-corrected chi connectivity index (χ2v) is 8.82. The van der Waals surface area contributed by atoms with Crippen molar-refractivity contribution in [1.82, 2.24) is 9.88 Å². The van der Waals surface area contributed by atoms with E-state index < -0.39 is 17.7 Å². The maximum Gasteiger partial charge on any atom is 0.290 e. The predicted octanol–water partition coefficient (Wildman–Crippen LogP) is 4.59. The van der Waals surface area contributed by atoms with Crippen molar-refractivity contribution in [3.05, 3.63) is 92.6 Å². The van der Waals surface area contributed by atoms with Crippen LogP contribution in [0.4, 0.5) is 0 Å². The fraction of sp³-hybridized carbons (Fsp3) is 0.240. The van der Waals surface area contributed by atoms with Gasteiger partial charge in [0.25, 0.3) is 5.91 Å². The molecule has 3 aromatic rings. The maximum atomic E-state index is 13.6. The van der Waals surface area contributed by atoms with E-state index in [1.165, 1.54) is 11.3 Å². The average molecular weight is 449 g/mol. The van der Waals surface area contributed by atoms with Gasteiger partial charge >= 0.3 is 0 Å². The number of para-hydroxylation sites is 1. The first-order chi connectivity index (χ1) is 15.4. The number of hydrogen-bond donors (Lipinski definition) is 1. The molecule has 1 aliphatic heterocycles. The number of ether oxygens (including phenoxy) is 1. The van der Waals surface area contributed by atoms with Crippen LogP contribution < -0.4 is 4.74 Å². The first-order valence-corrected chi connectivity index (χ1v) is 11.1. The van der Waals surface area contributed by atoms with Crippen LogP contribution in [0.3, 0.4) is 0 Å². The Morgan fingerprint density at radius 2 is 1.81 bits per heavy atom. The molecule has 4 rings (SSSR count). The van der Waals surface area contributed by atoms with Crippen molar-refractivity contribution >= 4 is 23.0 Å². The van der Waals surface area contributed by atoms with E-state index in [9.17, 15) is 14.7 Å². The minimum Gasteiger partial charge on any atom is -0.503 e. The molecular weight excluding hydrogens is 424 g/mol. The molecule has 7 heteroatoms. The van der Waals surface area contributed by atoms with Crippen molar-refractivity contribution in [2.75, 3.05) is 13.7 Å². The molecule has 1 unspecified atom stereocenters. The highest BCUT2D eigenvalue weighted by atomic mass is 32.1. The Bertz CT molecular complexity index is 1200. The first kappa shape index (κ1) is 21.8. The molecule has 1 amide bonds. The summed E-state index contributed by atoms with van der Waals surface area (Å²) >= 11 is 1.26. The number of benzene rings is 2. The molecule has 1 aliphatic rings. The van der Waals surface area contributed by atoms with Gasteiger partial charge in [-0.15, -0.1) is 11.3 Å². The molecule has 0 bridgehead atoms. The zero-order valence-electron chi connectivity index (χ0n) is 18.2. The van der Waals surface area contributed by atoms with Gasteiger partial charge in [-0.2, -0.15) is 0 Å². The summed E-state index contributed by atoms with van der Waals surface area (Å²) in [4.78, 5) is 33.1. The molecule has 32 heavy (non-hydrogen) atoms. The summed E-state index contributed by atoms with van der Waals surface area (Å²) in [5.41, 5.74) is 2.38. The van der Waals surface area contributed by atoms with Gasteiger partial charge in [-0.25, -0.2) is 4.98 Å². The number of rotatable bonds is 7. The number of methoxy groups -OCH3 is 1. The van der Waals surface area contributed by atoms with Crippen LogP contribution in [0.5, 0.6) is 5.75 Å². The van der Waals surface area contributed by atoms with Crippen LogP contribution in [0.1, 0.15) is 37.5 Å². The zero-order valence-corrected chi connectivity index (χ0v) is 19.0. The van der Waals surface area contributed by atoms with Gasteiger partial charge in [0, 0.05) is 12.1 Å². The Hall–Kier alpha value is -3.45. The number of nitrogens with zero attached hydrogens (tertiary/aromatic N) is 2. The Kier molecular flexibility index (Phi) is 6.10. The number of amides is 1. The number of carbonyl (C=O) groups is 2. The van der Waals surface area contributed by atoms with E-state index in [1.54, 1.807) is 25.0 Å². The van der Waals surface area contributed by atoms with E-state index in [0.717, 1.165) is 10.6 Å². The summed E-state index contributed by atoms with van der Waals surface area (Å²) in [6.45, 7) is 3.93. The first-order valence-electron chi connectivity index (χ1n) is 10.3. The number of aryl methyl sites for hydroxylation is 2. The lowest BCUT2D eigenvalue weighted by Crippen LogP contribution is -2.33. The molecule has 164 valence electrons. The molecule has 1 aromatic heterocycles. The molecular formula is C25H24N2O4S. The van der Waals surface area contributed by atoms with Gasteiger partial charge in [0.2, 0.25) is 5.78 Å². The summed E-state index contributed by atoms with van der Waals surface area (Å²) in [5, 5.41) is 11.6. The molecule has 6 nitrogen and oxygen atoms in total. The number of hydrogen-bond acceptors (Lipinski definition) is 6. The third-order valence-corrected chi connectivity index (χ3v) is 6.65. The summed E-state index contributed by atoms with van der Waals surface area (Å²) in [6.07, 6.45) is 0.589. The number of aromatic nitrogens is 1. The van der Waals surface area contributed by atoms with Gasteiger partial charge < -0.3 is 14.7 Å². The van der Waals surface area contributed by atoms with Crippen molar-refractivity contribution in [2.45, 2.75) is 26.3 Å². The highest BCUT2D eigenvalue weighted by molar-refractivity contribution is 7.14. The highest BCUT2D eigenvalue weighted by Gasteiger charge is 2.45. The van der Waals surface area contributed by atoms with Gasteiger partial charge in [-0.1, -0.05) is 48.5 Å². The number of Topliss-reactive ketones (excluding diaryl/α,β-unsaturated/α-hetero) is 1. The van der Waals surface area contributed by atoms with Crippen molar-refractivity contribution in [3.63, 3.8) is 0 Å². The van der Waals surface area contributed by atoms with Crippen LogP contribution in [0.2, 0.25) is 0 Å². The SMILES string of the molecule is COc1ccccc1C1C(C(=O)c2sc(C)nc2C)=C(O)C(=O)N1CCc1ccccc1. The van der Waals surface area contributed by atoms with E-state index in [1.807, 2.05) is 55.5 Å². The van der Waals surface area contributed by atoms with Crippen LogP contribution in [-0.2, 0) is 11.2 Å². The largest absolute Gasteiger partial charge is 0.503 e. The third kappa shape index (κ3) is 3.91. The number of aliphatic hydroxyl groups is 1. The molecule has 0 radical (unpaired) electrons. The minimum atomic E-state index is -0.753. The van der Waals surface area contributed by atoms with Crippen LogP contribution in [0, 0.1) is 13.8 Å². The average Bonchev–Trinajstić information content (AvgIpc) is 3.27. The standard InChI is InChI=1S/C25H24N2O4S/c1-15-24(32-16(2)26-15)22(28)20-21(18-11-7-8-12-19(18)31-3)27(25(30)23(20)29)14-13-17-9-5-4-6-10-17/h4-12,21,29H,13-14H2,1-3H3. The van der Waals surface area contributed by atoms with Gasteiger partial charge in [0.05, 0.1) is 34.3 Å². The quantitative estimate of drug-likeness (QED) is 0.535. The van der Waals surface area contributed by atoms with Crippen LogP contribution in [-0.4, -0.2) is 40.3 Å². The fourth-order valence-electron chi connectivity index (χ4n) is 4.09. The van der Waals surface area contributed by atoms with Crippen molar-refractivity contribution in [1.29, 1.82) is 0 Å². The molecule has 1 atom stereocenters. The number of carbonyl (C=O) groups excluding carboxylic acids is 2. The van der Waals surface area contributed by atoms with E-state index in [4.69, 9.17) is 4.74 Å². The fourth-order valence-corrected chi connectivity index (χ4v) is 4.96. The number of aliphatic hydroxyl groups excluding tert-OH is 1. The predicted molar refractivity (Wildman–Crippen MR) is 123 cm³/mol. The molecule has 0 aliphatic carbocycles. The Balaban J connectivity index is 1.78. The monoisotopic (exact) mass is 448 g/mol. The molecule has 0 fully saturated rings. The molecule has 2 heterocycles. The van der Waals surface area contributed by atoms with Crippen molar-refractivity contribution in [3.8, 4) is 5.75 Å². The normalized spacial score (nSPS) is 16.0. The third-order valence-electron chi connectivity index (χ3n) is 5.58. The maximum absolute atomic E-state index is 13.6. The molecule has 0 saturated heterocycles. The summed E-state index contributed by atoms with van der Waals surface area (Å²) < 4.78 is 5.54. The summed E-state index contributed by atoms with van der Waals surface area (Å²) in [6, 6.07) is 16.3. The Morgan fingerprint density at radius 3 is 2.47 bits per heavy atom. The number of ketones is 1. The number of thiazole rings is 1. The minimum absolute atomic E-state index is 0.0688. The molecule has 0 saturated carbocycles. The zero-order chi connectivity index (χ0) is 22.8. The Labute approximate surface area is 190 Å². The van der Waals surface area contributed by atoms with Gasteiger partial charge in [0.1, 0.15) is 5.75 Å². The van der Waals surface area contributed by atoms with E-state index >= 15 is 0 Å². The lowest BCUT2D eigenvalue weighted by molar-refractivity contribution is -0.129. The lowest BCUT2D eigenvalue weighted by atomic mass is 9.94.